The van der Waals surface area contributed by atoms with Gasteiger partial charge < -0.3 is 9.64 Å². The minimum absolute atomic E-state index is 0.287. The Hall–Kier alpha value is -1.06. The number of hydrogen-bond acceptors (Lipinski definition) is 3. The Kier molecular flexibility index (Phi) is 5.83. The van der Waals surface area contributed by atoms with Crippen molar-refractivity contribution in [3.63, 3.8) is 0 Å². The van der Waals surface area contributed by atoms with Crippen LogP contribution in [0.25, 0.3) is 0 Å². The predicted octanol–water partition coefficient (Wildman–Crippen LogP) is 4.68. The lowest BCUT2D eigenvalue weighted by Gasteiger charge is -2.41. The van der Waals surface area contributed by atoms with Crippen LogP contribution in [0.2, 0.25) is 5.02 Å². The van der Waals surface area contributed by atoms with E-state index in [0.717, 1.165) is 62.4 Å². The first-order valence-corrected chi connectivity index (χ1v) is 9.60. The fourth-order valence-corrected chi connectivity index (χ4v) is 4.60. The highest BCUT2D eigenvalue weighted by molar-refractivity contribution is 6.30. The molecule has 1 saturated carbocycles. The summed E-state index contributed by atoms with van der Waals surface area (Å²) in [5.74, 6) is 2.23. The Morgan fingerprint density at radius 1 is 1.25 bits per heavy atom. The summed E-state index contributed by atoms with van der Waals surface area (Å²) in [6, 6.07) is 6.52. The lowest BCUT2D eigenvalue weighted by Crippen LogP contribution is -2.45. The molecule has 0 bridgehead atoms. The van der Waals surface area contributed by atoms with E-state index in [-0.39, 0.29) is 5.92 Å². The number of carbonyl (C=O) groups excluding carboxylic acids is 1. The number of methoxy groups -OCH3 is 1. The number of piperidine rings is 1. The van der Waals surface area contributed by atoms with Gasteiger partial charge in [0.15, 0.2) is 0 Å². The zero-order valence-corrected chi connectivity index (χ0v) is 15.5. The number of benzene rings is 1. The normalized spacial score (nSPS) is 26.5. The Labute approximate surface area is 150 Å². The minimum atomic E-state index is 0.287. The molecule has 1 aliphatic heterocycles. The zero-order valence-electron chi connectivity index (χ0n) is 14.8. The summed E-state index contributed by atoms with van der Waals surface area (Å²) >= 11 is 6.19. The third-order valence-corrected chi connectivity index (χ3v) is 6.14. The average molecular weight is 350 g/mol. The van der Waals surface area contributed by atoms with Gasteiger partial charge in [0.05, 0.1) is 7.11 Å². The van der Waals surface area contributed by atoms with Crippen molar-refractivity contribution < 1.29 is 9.53 Å². The molecule has 1 saturated heterocycles. The smallest absolute Gasteiger partial charge is 0.136 e. The topological polar surface area (TPSA) is 29.5 Å². The molecule has 0 N–H and O–H groups in total. The third-order valence-electron chi connectivity index (χ3n) is 5.91. The molecule has 2 atom stereocenters. The second-order valence-electron chi connectivity index (χ2n) is 7.20. The van der Waals surface area contributed by atoms with Gasteiger partial charge in [0.25, 0.3) is 0 Å². The van der Waals surface area contributed by atoms with Crippen molar-refractivity contribution in [1.29, 1.82) is 0 Å². The van der Waals surface area contributed by atoms with E-state index in [1.807, 2.05) is 12.1 Å². The summed E-state index contributed by atoms with van der Waals surface area (Å²) in [5, 5.41) is 0.782. The van der Waals surface area contributed by atoms with E-state index in [1.165, 1.54) is 5.56 Å². The lowest BCUT2D eigenvalue weighted by molar-refractivity contribution is -0.126. The van der Waals surface area contributed by atoms with Crippen molar-refractivity contribution in [3.8, 4) is 5.75 Å². The van der Waals surface area contributed by atoms with Crippen molar-refractivity contribution in [2.75, 3.05) is 20.2 Å². The van der Waals surface area contributed by atoms with Crippen LogP contribution < -0.4 is 4.74 Å². The summed E-state index contributed by atoms with van der Waals surface area (Å²) in [4.78, 5) is 14.6. The summed E-state index contributed by atoms with van der Waals surface area (Å²) in [5.41, 5.74) is 1.25. The largest absolute Gasteiger partial charge is 0.496 e. The Morgan fingerprint density at radius 2 is 2.00 bits per heavy atom. The first-order valence-electron chi connectivity index (χ1n) is 9.22. The Balaban J connectivity index is 1.62. The highest BCUT2D eigenvalue weighted by Gasteiger charge is 2.33. The number of halogens is 1. The van der Waals surface area contributed by atoms with Crippen molar-refractivity contribution in [2.45, 2.75) is 57.4 Å². The zero-order chi connectivity index (χ0) is 17.1. The van der Waals surface area contributed by atoms with Gasteiger partial charge in [0.1, 0.15) is 11.5 Å². The summed E-state index contributed by atoms with van der Waals surface area (Å²) < 4.78 is 5.53. The number of carbonyl (C=O) groups is 1. The minimum Gasteiger partial charge on any atom is -0.496 e. The van der Waals surface area contributed by atoms with Gasteiger partial charge >= 0.3 is 0 Å². The Bertz CT molecular complexity index is 581. The van der Waals surface area contributed by atoms with E-state index < -0.39 is 0 Å². The van der Waals surface area contributed by atoms with Crippen molar-refractivity contribution in [2.24, 2.45) is 5.92 Å². The highest BCUT2D eigenvalue weighted by Crippen LogP contribution is 2.37. The average Bonchev–Trinajstić information content (AvgIpc) is 2.62. The van der Waals surface area contributed by atoms with E-state index in [1.54, 1.807) is 7.11 Å². The maximum absolute atomic E-state index is 11.9. The molecule has 0 amide bonds. The molecule has 24 heavy (non-hydrogen) atoms. The molecule has 2 fully saturated rings. The van der Waals surface area contributed by atoms with Crippen LogP contribution in [0.1, 0.15) is 56.9 Å². The van der Waals surface area contributed by atoms with Crippen LogP contribution in [0.3, 0.4) is 0 Å². The molecule has 2 aliphatic rings. The lowest BCUT2D eigenvalue weighted by atomic mass is 9.81. The van der Waals surface area contributed by atoms with Gasteiger partial charge in [-0.25, -0.2) is 0 Å². The van der Waals surface area contributed by atoms with E-state index in [9.17, 15) is 4.79 Å². The standard InChI is InChI=1S/C20H28ClNO2/c1-3-14-12-17(5-6-19(14)23)22-10-8-15(9-11-22)18-13-16(21)4-7-20(18)24-2/h4,7,13-15,17H,3,5-6,8-12H2,1-2H3. The van der Waals surface area contributed by atoms with Crippen LogP contribution in [0.5, 0.6) is 5.75 Å². The number of Topliss-reactive ketones (excluding diaryl/α,β-unsaturated/α-hetero) is 1. The van der Waals surface area contributed by atoms with Crippen LogP contribution in [0.15, 0.2) is 18.2 Å². The number of ether oxygens (including phenoxy) is 1. The Morgan fingerprint density at radius 3 is 2.67 bits per heavy atom. The number of ketones is 1. The highest BCUT2D eigenvalue weighted by atomic mass is 35.5. The maximum Gasteiger partial charge on any atom is 0.136 e. The summed E-state index contributed by atoms with van der Waals surface area (Å²) in [7, 11) is 1.73. The molecule has 0 spiro atoms. The van der Waals surface area contributed by atoms with Crippen LogP contribution in [0.4, 0.5) is 0 Å². The molecule has 2 unspecified atom stereocenters. The molecule has 132 valence electrons. The van der Waals surface area contributed by atoms with E-state index in [4.69, 9.17) is 16.3 Å². The monoisotopic (exact) mass is 349 g/mol. The fraction of sp³-hybridized carbons (Fsp3) is 0.650. The maximum atomic E-state index is 11.9. The van der Waals surface area contributed by atoms with Crippen LogP contribution >= 0.6 is 11.6 Å². The molecule has 1 aliphatic carbocycles. The van der Waals surface area contributed by atoms with Crippen molar-refractivity contribution >= 4 is 17.4 Å². The van der Waals surface area contributed by atoms with Gasteiger partial charge in [-0.1, -0.05) is 18.5 Å². The van der Waals surface area contributed by atoms with Gasteiger partial charge in [-0.15, -0.1) is 0 Å². The van der Waals surface area contributed by atoms with E-state index in [2.05, 4.69) is 17.9 Å². The molecule has 3 rings (SSSR count). The molecular weight excluding hydrogens is 322 g/mol. The third kappa shape index (κ3) is 3.78. The molecule has 1 heterocycles. The quantitative estimate of drug-likeness (QED) is 0.790. The number of likely N-dealkylation sites (tertiary alicyclic amines) is 1. The number of rotatable bonds is 4. The van der Waals surface area contributed by atoms with Gasteiger partial charge in [-0.05, 0) is 74.9 Å². The molecule has 1 aromatic carbocycles. The van der Waals surface area contributed by atoms with Crippen LogP contribution in [-0.4, -0.2) is 36.9 Å². The van der Waals surface area contributed by atoms with Gasteiger partial charge in [0.2, 0.25) is 0 Å². The number of hydrogen-bond donors (Lipinski definition) is 0. The second kappa shape index (κ2) is 7.88. The first kappa shape index (κ1) is 17.8. The fourth-order valence-electron chi connectivity index (χ4n) is 4.42. The molecule has 4 heteroatoms. The summed E-state index contributed by atoms with van der Waals surface area (Å²) in [6.07, 6.45) is 6.13. The van der Waals surface area contributed by atoms with Gasteiger partial charge in [-0.3, -0.25) is 4.79 Å². The SMILES string of the molecule is CCC1CC(N2CCC(c3cc(Cl)ccc3OC)CC2)CCC1=O. The van der Waals surface area contributed by atoms with Gasteiger partial charge in [-0.2, -0.15) is 0 Å². The number of nitrogens with zero attached hydrogens (tertiary/aromatic N) is 1. The molecule has 3 nitrogen and oxygen atoms in total. The first-order chi connectivity index (χ1) is 11.6. The molecule has 1 aromatic rings. The predicted molar refractivity (Wildman–Crippen MR) is 98.0 cm³/mol. The molecular formula is C20H28ClNO2. The summed E-state index contributed by atoms with van der Waals surface area (Å²) in [6.45, 7) is 4.36. The van der Waals surface area contributed by atoms with E-state index >= 15 is 0 Å². The van der Waals surface area contributed by atoms with Crippen molar-refractivity contribution in [3.05, 3.63) is 28.8 Å². The van der Waals surface area contributed by atoms with Crippen LogP contribution in [0, 0.1) is 5.92 Å². The van der Waals surface area contributed by atoms with Crippen molar-refractivity contribution in [1.82, 2.24) is 4.90 Å². The van der Waals surface area contributed by atoms with Crippen LogP contribution in [-0.2, 0) is 4.79 Å². The molecule has 0 aromatic heterocycles. The molecule has 0 radical (unpaired) electrons. The van der Waals surface area contributed by atoms with E-state index in [0.29, 0.717) is 17.7 Å². The second-order valence-corrected chi connectivity index (χ2v) is 7.63. The van der Waals surface area contributed by atoms with Gasteiger partial charge in [0, 0.05) is 23.4 Å².